The summed E-state index contributed by atoms with van der Waals surface area (Å²) in [4.78, 5) is 19.5. The van der Waals surface area contributed by atoms with Crippen molar-refractivity contribution >= 4 is 38.3 Å². The topological polar surface area (TPSA) is 54.9 Å². The summed E-state index contributed by atoms with van der Waals surface area (Å²) in [6, 6.07) is 3.42. The molecule has 0 aliphatic heterocycles. The molecule has 2 aromatic heterocycles. The average molecular weight is 284 g/mol. The number of aromatic nitrogens is 2. The molecule has 0 atom stereocenters. The lowest BCUT2D eigenvalue weighted by atomic mass is 10.3. The van der Waals surface area contributed by atoms with E-state index in [1.54, 1.807) is 29.9 Å². The van der Waals surface area contributed by atoms with E-state index in [0.717, 1.165) is 4.47 Å². The summed E-state index contributed by atoms with van der Waals surface area (Å²) in [6.07, 6.45) is 3.20. The van der Waals surface area contributed by atoms with E-state index >= 15 is 0 Å². The largest absolute Gasteiger partial charge is 0.296 e. The number of carbonyl (C=O) groups excluding carboxylic acids is 1. The maximum absolute atomic E-state index is 11.6. The van der Waals surface area contributed by atoms with Crippen molar-refractivity contribution in [1.29, 1.82) is 0 Å². The Morgan fingerprint density at radius 2 is 2.27 bits per heavy atom. The highest BCUT2D eigenvalue weighted by atomic mass is 79.9. The van der Waals surface area contributed by atoms with Gasteiger partial charge in [0.1, 0.15) is 5.69 Å². The first kappa shape index (κ1) is 10.3. The fourth-order valence-corrected chi connectivity index (χ4v) is 1.83. The number of rotatable bonds is 2. The van der Waals surface area contributed by atoms with Crippen LogP contribution in [0.3, 0.4) is 0 Å². The lowest BCUT2D eigenvalue weighted by molar-refractivity contribution is 0.102. The third kappa shape index (κ3) is 2.60. The molecule has 0 unspecified atom stereocenters. The quantitative estimate of drug-likeness (QED) is 0.922. The molecule has 1 amide bonds. The van der Waals surface area contributed by atoms with Gasteiger partial charge < -0.3 is 0 Å². The fourth-order valence-electron chi connectivity index (χ4n) is 0.975. The minimum Gasteiger partial charge on any atom is -0.296 e. The van der Waals surface area contributed by atoms with Crippen molar-refractivity contribution in [1.82, 2.24) is 9.97 Å². The number of anilines is 1. The van der Waals surface area contributed by atoms with E-state index in [2.05, 4.69) is 31.2 Å². The van der Waals surface area contributed by atoms with Crippen molar-refractivity contribution in [3.63, 3.8) is 0 Å². The third-order valence-corrected chi connectivity index (χ3v) is 2.79. The average Bonchev–Trinajstić information content (AvgIpc) is 2.70. The van der Waals surface area contributed by atoms with Crippen molar-refractivity contribution in [3.05, 3.63) is 40.1 Å². The minimum atomic E-state index is -0.258. The molecule has 2 aromatic rings. The zero-order valence-electron chi connectivity index (χ0n) is 7.48. The van der Waals surface area contributed by atoms with Gasteiger partial charge in [0.15, 0.2) is 5.13 Å². The molecule has 0 fully saturated rings. The highest BCUT2D eigenvalue weighted by molar-refractivity contribution is 9.10. The SMILES string of the molecule is O=C(Nc1nccs1)c1cc(Br)ccn1. The highest BCUT2D eigenvalue weighted by Crippen LogP contribution is 2.13. The van der Waals surface area contributed by atoms with E-state index in [1.807, 2.05) is 0 Å². The molecular weight excluding hydrogens is 278 g/mol. The number of hydrogen-bond donors (Lipinski definition) is 1. The molecule has 0 radical (unpaired) electrons. The summed E-state index contributed by atoms with van der Waals surface area (Å²) >= 11 is 4.64. The fraction of sp³-hybridized carbons (Fsp3) is 0. The summed E-state index contributed by atoms with van der Waals surface area (Å²) in [5.41, 5.74) is 0.361. The number of nitrogens with zero attached hydrogens (tertiary/aromatic N) is 2. The zero-order valence-corrected chi connectivity index (χ0v) is 9.88. The van der Waals surface area contributed by atoms with Gasteiger partial charge in [-0.15, -0.1) is 11.3 Å². The lowest BCUT2D eigenvalue weighted by Gasteiger charge is -2.00. The minimum absolute atomic E-state index is 0.258. The van der Waals surface area contributed by atoms with E-state index in [9.17, 15) is 4.79 Å². The number of carbonyl (C=O) groups is 1. The van der Waals surface area contributed by atoms with E-state index in [4.69, 9.17) is 0 Å². The van der Waals surface area contributed by atoms with E-state index in [-0.39, 0.29) is 5.91 Å². The van der Waals surface area contributed by atoms with Crippen LogP contribution in [0.15, 0.2) is 34.4 Å². The van der Waals surface area contributed by atoms with Crippen LogP contribution in [-0.4, -0.2) is 15.9 Å². The number of thiazole rings is 1. The first-order chi connectivity index (χ1) is 7.25. The number of hydrogen-bond acceptors (Lipinski definition) is 4. The third-order valence-electron chi connectivity index (χ3n) is 1.61. The van der Waals surface area contributed by atoms with E-state index in [1.165, 1.54) is 11.3 Å². The van der Waals surface area contributed by atoms with Gasteiger partial charge in [0.25, 0.3) is 5.91 Å². The molecule has 0 aliphatic rings. The monoisotopic (exact) mass is 283 g/mol. The molecule has 2 rings (SSSR count). The Morgan fingerprint density at radius 1 is 1.40 bits per heavy atom. The number of pyridine rings is 1. The summed E-state index contributed by atoms with van der Waals surface area (Å²) in [6.45, 7) is 0. The van der Waals surface area contributed by atoms with Crippen LogP contribution in [-0.2, 0) is 0 Å². The summed E-state index contributed by atoms with van der Waals surface area (Å²) in [7, 11) is 0. The van der Waals surface area contributed by atoms with Crippen LogP contribution in [0.4, 0.5) is 5.13 Å². The predicted molar refractivity (Wildman–Crippen MR) is 62.0 cm³/mol. The molecular formula is C9H6BrN3OS. The van der Waals surface area contributed by atoms with Crippen molar-refractivity contribution in [2.24, 2.45) is 0 Å². The Kier molecular flexibility index (Phi) is 3.08. The summed E-state index contributed by atoms with van der Waals surface area (Å²) in [5.74, 6) is -0.258. The van der Waals surface area contributed by atoms with Gasteiger partial charge >= 0.3 is 0 Å². The molecule has 0 bridgehead atoms. The smallest absolute Gasteiger partial charge is 0.276 e. The first-order valence-corrected chi connectivity index (χ1v) is 5.75. The summed E-state index contributed by atoms with van der Waals surface area (Å²) in [5, 5.41) is 5.02. The molecule has 0 saturated heterocycles. The molecule has 0 saturated carbocycles. The lowest BCUT2D eigenvalue weighted by Crippen LogP contribution is -2.13. The second kappa shape index (κ2) is 4.50. The van der Waals surface area contributed by atoms with Crippen LogP contribution < -0.4 is 5.32 Å². The molecule has 15 heavy (non-hydrogen) atoms. The Morgan fingerprint density at radius 3 is 2.93 bits per heavy atom. The van der Waals surface area contributed by atoms with Crippen LogP contribution in [0.5, 0.6) is 0 Å². The van der Waals surface area contributed by atoms with Crippen LogP contribution in [0.25, 0.3) is 0 Å². The van der Waals surface area contributed by atoms with Gasteiger partial charge in [-0.2, -0.15) is 0 Å². The van der Waals surface area contributed by atoms with E-state index in [0.29, 0.717) is 10.8 Å². The van der Waals surface area contributed by atoms with Crippen LogP contribution in [0, 0.1) is 0 Å². The van der Waals surface area contributed by atoms with Crippen LogP contribution in [0.2, 0.25) is 0 Å². The van der Waals surface area contributed by atoms with Crippen molar-refractivity contribution in [2.45, 2.75) is 0 Å². The number of halogens is 1. The van der Waals surface area contributed by atoms with Gasteiger partial charge in [0.2, 0.25) is 0 Å². The van der Waals surface area contributed by atoms with Crippen LogP contribution in [0.1, 0.15) is 10.5 Å². The van der Waals surface area contributed by atoms with Gasteiger partial charge in [-0.25, -0.2) is 4.98 Å². The highest BCUT2D eigenvalue weighted by Gasteiger charge is 2.08. The van der Waals surface area contributed by atoms with Gasteiger partial charge in [-0.1, -0.05) is 15.9 Å². The molecule has 0 spiro atoms. The molecule has 1 N–H and O–H groups in total. The van der Waals surface area contributed by atoms with Gasteiger partial charge in [0.05, 0.1) is 0 Å². The zero-order chi connectivity index (χ0) is 10.7. The maximum atomic E-state index is 11.6. The Hall–Kier alpha value is -1.27. The molecule has 0 aliphatic carbocycles. The Bertz CT molecular complexity index is 472. The number of amides is 1. The predicted octanol–water partition coefficient (Wildman–Crippen LogP) is 2.55. The normalized spacial score (nSPS) is 9.93. The molecule has 2 heterocycles. The molecule has 4 nitrogen and oxygen atoms in total. The van der Waals surface area contributed by atoms with Crippen molar-refractivity contribution in [2.75, 3.05) is 5.32 Å². The first-order valence-electron chi connectivity index (χ1n) is 4.08. The van der Waals surface area contributed by atoms with Gasteiger partial charge in [-0.05, 0) is 12.1 Å². The van der Waals surface area contributed by atoms with Crippen molar-refractivity contribution in [3.8, 4) is 0 Å². The number of nitrogens with one attached hydrogen (secondary N) is 1. The summed E-state index contributed by atoms with van der Waals surface area (Å²) < 4.78 is 0.821. The van der Waals surface area contributed by atoms with Crippen LogP contribution >= 0.6 is 27.3 Å². The van der Waals surface area contributed by atoms with Gasteiger partial charge in [-0.3, -0.25) is 15.1 Å². The maximum Gasteiger partial charge on any atom is 0.276 e. The molecule has 76 valence electrons. The standard InChI is InChI=1S/C9H6BrN3OS/c10-6-1-2-11-7(5-6)8(14)13-9-12-3-4-15-9/h1-5H,(H,12,13,14). The molecule has 6 heteroatoms. The van der Waals surface area contributed by atoms with E-state index < -0.39 is 0 Å². The Labute approximate surface area is 98.5 Å². The van der Waals surface area contributed by atoms with Gasteiger partial charge in [0, 0.05) is 22.2 Å². The second-order valence-corrected chi connectivity index (χ2v) is 4.46. The van der Waals surface area contributed by atoms with Crippen molar-refractivity contribution < 1.29 is 4.79 Å². The second-order valence-electron chi connectivity index (χ2n) is 2.65. The molecule has 0 aromatic carbocycles. The Balaban J connectivity index is 2.15.